The number of benzene rings is 2. The topological polar surface area (TPSA) is 50.4 Å². The van der Waals surface area contributed by atoms with Crippen LogP contribution >= 0.6 is 0 Å². The van der Waals surface area contributed by atoms with E-state index in [0.29, 0.717) is 18.5 Å². The van der Waals surface area contributed by atoms with Crippen LogP contribution in [-0.2, 0) is 12.8 Å². The number of hydrogen-bond acceptors (Lipinski definition) is 1. The van der Waals surface area contributed by atoms with Gasteiger partial charge in [0.2, 0.25) is 0 Å². The Hall–Kier alpha value is -2.43. The number of anilines is 1. The third kappa shape index (κ3) is 4.55. The van der Waals surface area contributed by atoms with Crippen molar-refractivity contribution in [2.75, 3.05) is 11.9 Å². The molecule has 0 amide bonds. The number of guanidine groups is 1. The Labute approximate surface area is 128 Å². The van der Waals surface area contributed by atoms with E-state index in [-0.39, 0.29) is 5.96 Å². The zero-order valence-corrected chi connectivity index (χ0v) is 12.4. The summed E-state index contributed by atoms with van der Waals surface area (Å²) in [5.41, 5.74) is 8.30. The minimum absolute atomic E-state index is 0.274. The highest BCUT2D eigenvalue weighted by Crippen LogP contribution is 2.11. The molecule has 0 aliphatic heterocycles. The first-order chi connectivity index (χ1) is 10.6. The monoisotopic (exact) mass is 303 g/mol. The Morgan fingerprint density at radius 1 is 1.18 bits per heavy atom. The average Bonchev–Trinajstić information content (AvgIpc) is 2.49. The highest BCUT2D eigenvalue weighted by Gasteiger charge is 2.03. The normalized spacial score (nSPS) is 11.5. The van der Waals surface area contributed by atoms with Crippen molar-refractivity contribution in [2.24, 2.45) is 10.7 Å². The lowest BCUT2D eigenvalue weighted by Gasteiger charge is -2.07. The predicted octanol–water partition coefficient (Wildman–Crippen LogP) is 3.50. The minimum atomic E-state index is -0.582. The van der Waals surface area contributed by atoms with E-state index in [9.17, 15) is 8.78 Å². The summed E-state index contributed by atoms with van der Waals surface area (Å²) in [6.45, 7) is 2.41. The molecule has 3 N–H and O–H groups in total. The number of nitrogens with zero attached hydrogens (tertiary/aromatic N) is 1. The Balaban J connectivity index is 1.92. The van der Waals surface area contributed by atoms with Gasteiger partial charge < -0.3 is 11.1 Å². The molecular weight excluding hydrogens is 284 g/mol. The van der Waals surface area contributed by atoms with Crippen LogP contribution < -0.4 is 11.1 Å². The standard InChI is InChI=1S/C17H19F2N3/c1-2-12-4-3-5-15(10-12)22-17(20)21-9-8-13-6-7-14(18)11-16(13)19/h3-7,10-11H,2,8-9H2,1H3,(H3,20,21,22). The fourth-order valence-electron chi connectivity index (χ4n) is 2.08. The summed E-state index contributed by atoms with van der Waals surface area (Å²) in [4.78, 5) is 4.16. The number of hydrogen-bond donors (Lipinski definition) is 2. The largest absolute Gasteiger partial charge is 0.370 e. The minimum Gasteiger partial charge on any atom is -0.370 e. The summed E-state index contributed by atoms with van der Waals surface area (Å²) in [6, 6.07) is 11.4. The second-order valence-electron chi connectivity index (χ2n) is 4.93. The summed E-state index contributed by atoms with van der Waals surface area (Å²) < 4.78 is 26.3. The first kappa shape index (κ1) is 15.9. The lowest BCUT2D eigenvalue weighted by atomic mass is 10.1. The van der Waals surface area contributed by atoms with Gasteiger partial charge >= 0.3 is 0 Å². The van der Waals surface area contributed by atoms with Crippen LogP contribution in [0.1, 0.15) is 18.1 Å². The van der Waals surface area contributed by atoms with E-state index in [1.165, 1.54) is 17.7 Å². The third-order valence-corrected chi connectivity index (χ3v) is 3.29. The molecular formula is C17H19F2N3. The van der Waals surface area contributed by atoms with Crippen molar-refractivity contribution >= 4 is 11.6 Å². The molecule has 3 nitrogen and oxygen atoms in total. The fraction of sp³-hybridized carbons (Fsp3) is 0.235. The molecule has 0 heterocycles. The Bertz CT molecular complexity index is 669. The van der Waals surface area contributed by atoms with Crippen molar-refractivity contribution in [3.63, 3.8) is 0 Å². The second kappa shape index (κ2) is 7.54. The molecule has 0 bridgehead atoms. The molecule has 0 aromatic heterocycles. The molecule has 0 aliphatic rings. The molecule has 0 fully saturated rings. The maximum Gasteiger partial charge on any atom is 0.193 e. The maximum absolute atomic E-state index is 13.5. The fourth-order valence-corrected chi connectivity index (χ4v) is 2.08. The zero-order valence-electron chi connectivity index (χ0n) is 12.4. The summed E-state index contributed by atoms with van der Waals surface area (Å²) in [7, 11) is 0. The van der Waals surface area contributed by atoms with Gasteiger partial charge in [-0.3, -0.25) is 4.99 Å². The molecule has 0 aliphatic carbocycles. The molecule has 0 saturated heterocycles. The Morgan fingerprint density at radius 2 is 2.00 bits per heavy atom. The molecule has 22 heavy (non-hydrogen) atoms. The predicted molar refractivity (Wildman–Crippen MR) is 86.0 cm³/mol. The zero-order chi connectivity index (χ0) is 15.9. The molecule has 0 saturated carbocycles. The summed E-state index contributed by atoms with van der Waals surface area (Å²) in [5.74, 6) is -0.866. The van der Waals surface area contributed by atoms with Crippen LogP contribution in [-0.4, -0.2) is 12.5 Å². The first-order valence-electron chi connectivity index (χ1n) is 7.18. The van der Waals surface area contributed by atoms with Crippen molar-refractivity contribution in [2.45, 2.75) is 19.8 Å². The second-order valence-corrected chi connectivity index (χ2v) is 4.93. The van der Waals surface area contributed by atoms with E-state index in [1.807, 2.05) is 24.3 Å². The van der Waals surface area contributed by atoms with Crippen LogP contribution in [0.25, 0.3) is 0 Å². The van der Waals surface area contributed by atoms with E-state index >= 15 is 0 Å². The Morgan fingerprint density at radius 3 is 2.73 bits per heavy atom. The summed E-state index contributed by atoms with van der Waals surface area (Å²) in [5, 5.41) is 3.00. The lowest BCUT2D eigenvalue weighted by Crippen LogP contribution is -2.23. The van der Waals surface area contributed by atoms with Gasteiger partial charge in [0.25, 0.3) is 0 Å². The van der Waals surface area contributed by atoms with Gasteiger partial charge in [0, 0.05) is 18.3 Å². The molecule has 0 radical (unpaired) electrons. The van der Waals surface area contributed by atoms with Gasteiger partial charge in [-0.05, 0) is 42.2 Å². The van der Waals surface area contributed by atoms with Gasteiger partial charge in [-0.2, -0.15) is 0 Å². The van der Waals surface area contributed by atoms with E-state index in [2.05, 4.69) is 17.2 Å². The highest BCUT2D eigenvalue weighted by atomic mass is 19.1. The van der Waals surface area contributed by atoms with Crippen molar-refractivity contribution in [1.82, 2.24) is 0 Å². The molecule has 2 aromatic carbocycles. The Kier molecular flexibility index (Phi) is 5.47. The molecule has 0 spiro atoms. The van der Waals surface area contributed by atoms with Crippen molar-refractivity contribution in [3.05, 3.63) is 65.2 Å². The number of halogens is 2. The van der Waals surface area contributed by atoms with Crippen LogP contribution in [0, 0.1) is 11.6 Å². The van der Waals surface area contributed by atoms with E-state index in [0.717, 1.165) is 18.2 Å². The summed E-state index contributed by atoms with van der Waals surface area (Å²) >= 11 is 0. The van der Waals surface area contributed by atoms with E-state index in [4.69, 9.17) is 5.73 Å². The molecule has 2 rings (SSSR count). The molecule has 0 atom stereocenters. The average molecular weight is 303 g/mol. The molecule has 0 unspecified atom stereocenters. The third-order valence-electron chi connectivity index (χ3n) is 3.29. The number of aryl methyl sites for hydroxylation is 1. The van der Waals surface area contributed by atoms with Crippen LogP contribution in [0.2, 0.25) is 0 Å². The van der Waals surface area contributed by atoms with E-state index in [1.54, 1.807) is 0 Å². The molecule has 2 aromatic rings. The van der Waals surface area contributed by atoms with Gasteiger partial charge in [0.05, 0.1) is 0 Å². The number of nitrogens with two attached hydrogens (primary N) is 1. The van der Waals surface area contributed by atoms with Crippen LogP contribution in [0.3, 0.4) is 0 Å². The summed E-state index contributed by atoms with van der Waals surface area (Å²) in [6.07, 6.45) is 1.31. The van der Waals surface area contributed by atoms with Crippen LogP contribution in [0.5, 0.6) is 0 Å². The van der Waals surface area contributed by atoms with Crippen LogP contribution in [0.15, 0.2) is 47.5 Å². The van der Waals surface area contributed by atoms with Crippen molar-refractivity contribution in [1.29, 1.82) is 0 Å². The number of aliphatic imine (C=N–C) groups is 1. The van der Waals surface area contributed by atoms with Crippen molar-refractivity contribution in [3.8, 4) is 0 Å². The molecule has 116 valence electrons. The van der Waals surface area contributed by atoms with Gasteiger partial charge in [0.15, 0.2) is 5.96 Å². The first-order valence-corrected chi connectivity index (χ1v) is 7.18. The van der Waals surface area contributed by atoms with Gasteiger partial charge in [-0.1, -0.05) is 25.1 Å². The van der Waals surface area contributed by atoms with Gasteiger partial charge in [-0.15, -0.1) is 0 Å². The van der Waals surface area contributed by atoms with Gasteiger partial charge in [0.1, 0.15) is 11.6 Å². The highest BCUT2D eigenvalue weighted by molar-refractivity contribution is 5.92. The number of nitrogens with one attached hydrogen (secondary N) is 1. The lowest BCUT2D eigenvalue weighted by molar-refractivity contribution is 0.572. The van der Waals surface area contributed by atoms with Gasteiger partial charge in [-0.25, -0.2) is 8.78 Å². The van der Waals surface area contributed by atoms with Crippen molar-refractivity contribution < 1.29 is 8.78 Å². The maximum atomic E-state index is 13.5. The SMILES string of the molecule is CCc1cccc(NC(N)=NCCc2ccc(F)cc2F)c1. The quantitative estimate of drug-likeness (QED) is 0.656. The van der Waals surface area contributed by atoms with E-state index < -0.39 is 11.6 Å². The molecule has 5 heteroatoms. The number of rotatable bonds is 5. The van der Waals surface area contributed by atoms with Crippen LogP contribution in [0.4, 0.5) is 14.5 Å². The smallest absolute Gasteiger partial charge is 0.193 e.